The van der Waals surface area contributed by atoms with Crippen LogP contribution in [0, 0.1) is 0 Å². The van der Waals surface area contributed by atoms with Gasteiger partial charge in [0.05, 0.1) is 13.2 Å². The monoisotopic (exact) mass is 187 g/mol. The number of aliphatic hydroxyl groups excluding tert-OH is 1. The van der Waals surface area contributed by atoms with Gasteiger partial charge in [0.15, 0.2) is 0 Å². The summed E-state index contributed by atoms with van der Waals surface area (Å²) in [4.78, 5) is 15.0. The minimum atomic E-state index is -0.947. The SMILES string of the molecule is NCCO.O=C(O)N1C=CN=CC1. The number of aliphatic hydroxyl groups is 1. The summed E-state index contributed by atoms with van der Waals surface area (Å²) in [5, 5.41) is 16.1. The van der Waals surface area contributed by atoms with E-state index in [1.807, 2.05) is 0 Å². The third-order valence-electron chi connectivity index (χ3n) is 1.09. The van der Waals surface area contributed by atoms with Crippen molar-refractivity contribution in [1.29, 1.82) is 0 Å². The standard InChI is InChI=1S/C5H6N2O2.C2H7NO/c8-5(9)7-3-1-6-2-4-7;3-1-2-4/h1-3H,4H2,(H,8,9);4H,1-3H2. The van der Waals surface area contributed by atoms with E-state index in [4.69, 9.17) is 15.9 Å². The minimum absolute atomic E-state index is 0.0972. The first-order valence-electron chi connectivity index (χ1n) is 3.71. The fourth-order valence-corrected chi connectivity index (χ4v) is 0.518. The van der Waals surface area contributed by atoms with Crippen molar-refractivity contribution in [1.82, 2.24) is 4.90 Å². The molecule has 13 heavy (non-hydrogen) atoms. The number of nitrogens with two attached hydrogens (primary N) is 1. The van der Waals surface area contributed by atoms with Crippen molar-refractivity contribution in [3.05, 3.63) is 12.4 Å². The first-order valence-corrected chi connectivity index (χ1v) is 3.71. The van der Waals surface area contributed by atoms with Gasteiger partial charge in [-0.2, -0.15) is 0 Å². The highest BCUT2D eigenvalue weighted by Crippen LogP contribution is 1.93. The molecule has 1 rings (SSSR count). The van der Waals surface area contributed by atoms with Crippen LogP contribution in [0.4, 0.5) is 4.79 Å². The number of carboxylic acid groups (broad SMARTS) is 1. The van der Waals surface area contributed by atoms with E-state index >= 15 is 0 Å². The Morgan fingerprint density at radius 3 is 2.54 bits per heavy atom. The van der Waals surface area contributed by atoms with Crippen LogP contribution in [-0.2, 0) is 0 Å². The minimum Gasteiger partial charge on any atom is -0.465 e. The molecule has 0 saturated heterocycles. The van der Waals surface area contributed by atoms with Crippen LogP contribution in [0.3, 0.4) is 0 Å². The molecule has 4 N–H and O–H groups in total. The van der Waals surface area contributed by atoms with Crippen LogP contribution in [0.1, 0.15) is 0 Å². The lowest BCUT2D eigenvalue weighted by Gasteiger charge is -2.11. The molecule has 0 fully saturated rings. The second kappa shape index (κ2) is 7.26. The van der Waals surface area contributed by atoms with Gasteiger partial charge in [-0.1, -0.05) is 0 Å². The molecule has 1 aliphatic heterocycles. The maximum atomic E-state index is 10.2. The number of nitrogens with zero attached hydrogens (tertiary/aromatic N) is 2. The molecular weight excluding hydrogens is 174 g/mol. The molecule has 0 unspecified atom stereocenters. The fourth-order valence-electron chi connectivity index (χ4n) is 0.518. The van der Waals surface area contributed by atoms with E-state index < -0.39 is 6.09 Å². The van der Waals surface area contributed by atoms with Gasteiger partial charge in [0.2, 0.25) is 0 Å². The van der Waals surface area contributed by atoms with E-state index in [-0.39, 0.29) is 6.61 Å². The zero-order chi connectivity index (χ0) is 10.1. The molecule has 0 bridgehead atoms. The molecule has 0 aliphatic carbocycles. The summed E-state index contributed by atoms with van der Waals surface area (Å²) in [5.41, 5.74) is 4.78. The van der Waals surface area contributed by atoms with Crippen LogP contribution >= 0.6 is 0 Å². The summed E-state index contributed by atoms with van der Waals surface area (Å²) < 4.78 is 0. The molecule has 0 aromatic heterocycles. The van der Waals surface area contributed by atoms with Crippen molar-refractivity contribution >= 4 is 12.3 Å². The van der Waals surface area contributed by atoms with Gasteiger partial charge in [-0.15, -0.1) is 0 Å². The van der Waals surface area contributed by atoms with Crippen LogP contribution < -0.4 is 5.73 Å². The van der Waals surface area contributed by atoms with Gasteiger partial charge in [0.25, 0.3) is 0 Å². The summed E-state index contributed by atoms with van der Waals surface area (Å²) in [5.74, 6) is 0. The van der Waals surface area contributed by atoms with E-state index in [0.29, 0.717) is 13.1 Å². The van der Waals surface area contributed by atoms with Crippen molar-refractivity contribution in [3.63, 3.8) is 0 Å². The maximum Gasteiger partial charge on any atom is 0.411 e. The molecule has 0 atom stereocenters. The van der Waals surface area contributed by atoms with Gasteiger partial charge in [-0.05, 0) is 0 Å². The number of amides is 1. The zero-order valence-electron chi connectivity index (χ0n) is 7.13. The Balaban J connectivity index is 0.000000310. The molecular formula is C7H13N3O3. The van der Waals surface area contributed by atoms with Gasteiger partial charge in [-0.25, -0.2) is 4.79 Å². The number of hydrogen-bond acceptors (Lipinski definition) is 4. The van der Waals surface area contributed by atoms with Gasteiger partial charge in [-0.3, -0.25) is 9.89 Å². The second-order valence-electron chi connectivity index (χ2n) is 2.08. The molecule has 0 aromatic carbocycles. The Kier molecular flexibility index (Phi) is 6.48. The zero-order valence-corrected chi connectivity index (χ0v) is 7.13. The van der Waals surface area contributed by atoms with Crippen LogP contribution in [-0.4, -0.2) is 47.1 Å². The molecule has 1 aliphatic rings. The second-order valence-corrected chi connectivity index (χ2v) is 2.08. The fraction of sp³-hybridized carbons (Fsp3) is 0.429. The summed E-state index contributed by atoms with van der Waals surface area (Å²) in [6.07, 6.45) is 3.45. The number of aliphatic imine (C=N–C) groups is 1. The highest BCUT2D eigenvalue weighted by Gasteiger charge is 2.06. The van der Waals surface area contributed by atoms with Gasteiger partial charge in [0.1, 0.15) is 0 Å². The van der Waals surface area contributed by atoms with Crippen molar-refractivity contribution < 1.29 is 15.0 Å². The Morgan fingerprint density at radius 2 is 2.31 bits per heavy atom. The maximum absolute atomic E-state index is 10.2. The Hall–Kier alpha value is -1.40. The summed E-state index contributed by atoms with van der Waals surface area (Å²) >= 11 is 0. The van der Waals surface area contributed by atoms with E-state index in [0.717, 1.165) is 4.90 Å². The molecule has 0 aromatic rings. The van der Waals surface area contributed by atoms with E-state index in [1.54, 1.807) is 0 Å². The van der Waals surface area contributed by atoms with Crippen LogP contribution in [0.15, 0.2) is 17.4 Å². The molecule has 6 heteroatoms. The first kappa shape index (κ1) is 11.6. The summed E-state index contributed by atoms with van der Waals surface area (Å²) in [6.45, 7) is 0.825. The third-order valence-corrected chi connectivity index (χ3v) is 1.09. The molecule has 1 heterocycles. The number of rotatable bonds is 1. The van der Waals surface area contributed by atoms with Crippen molar-refractivity contribution in [3.8, 4) is 0 Å². The molecule has 0 spiro atoms. The Bertz CT molecular complexity index is 201. The topological polar surface area (TPSA) is 99.1 Å². The van der Waals surface area contributed by atoms with Crippen molar-refractivity contribution in [2.45, 2.75) is 0 Å². The summed E-state index contributed by atoms with van der Waals surface area (Å²) in [7, 11) is 0. The largest absolute Gasteiger partial charge is 0.465 e. The lowest BCUT2D eigenvalue weighted by molar-refractivity contribution is 0.167. The average Bonchev–Trinajstić information content (AvgIpc) is 2.19. The molecule has 0 radical (unpaired) electrons. The van der Waals surface area contributed by atoms with E-state index in [9.17, 15) is 4.79 Å². The molecule has 0 saturated carbocycles. The highest BCUT2D eigenvalue weighted by atomic mass is 16.4. The summed E-state index contributed by atoms with van der Waals surface area (Å²) in [6, 6.07) is 0. The smallest absolute Gasteiger partial charge is 0.411 e. The lowest BCUT2D eigenvalue weighted by atomic mass is 10.5. The van der Waals surface area contributed by atoms with Gasteiger partial charge in [0, 0.05) is 25.2 Å². The third kappa shape index (κ3) is 5.83. The van der Waals surface area contributed by atoms with Crippen LogP contribution in [0.2, 0.25) is 0 Å². The van der Waals surface area contributed by atoms with Crippen LogP contribution in [0.5, 0.6) is 0 Å². The predicted octanol–water partition coefficient (Wildman–Crippen LogP) is -0.541. The van der Waals surface area contributed by atoms with Crippen molar-refractivity contribution in [2.75, 3.05) is 19.7 Å². The highest BCUT2D eigenvalue weighted by molar-refractivity contribution is 5.73. The Morgan fingerprint density at radius 1 is 1.69 bits per heavy atom. The first-order chi connectivity index (χ1) is 6.22. The quantitative estimate of drug-likeness (QED) is 0.513. The molecule has 74 valence electrons. The normalized spacial score (nSPS) is 13.5. The lowest BCUT2D eigenvalue weighted by Crippen LogP contribution is -2.26. The van der Waals surface area contributed by atoms with Crippen molar-refractivity contribution in [2.24, 2.45) is 10.7 Å². The van der Waals surface area contributed by atoms with E-state index in [1.165, 1.54) is 18.6 Å². The molecule has 1 amide bonds. The van der Waals surface area contributed by atoms with E-state index in [2.05, 4.69) is 4.99 Å². The Labute approximate surface area is 76.0 Å². The van der Waals surface area contributed by atoms with Crippen LogP contribution in [0.25, 0.3) is 0 Å². The van der Waals surface area contributed by atoms with Gasteiger partial charge >= 0.3 is 6.09 Å². The predicted molar refractivity (Wildman–Crippen MR) is 48.5 cm³/mol. The average molecular weight is 187 g/mol. The number of hydrogen-bond donors (Lipinski definition) is 3. The molecule has 6 nitrogen and oxygen atoms in total. The van der Waals surface area contributed by atoms with Gasteiger partial charge < -0.3 is 15.9 Å². The number of carbonyl (C=O) groups is 1.